The SMILES string of the molecule is CCC(C)CN(CC)c1cc(N)cc(F)c1. The van der Waals surface area contributed by atoms with E-state index in [1.165, 1.54) is 6.07 Å². The molecule has 0 aliphatic heterocycles. The molecule has 0 saturated heterocycles. The summed E-state index contributed by atoms with van der Waals surface area (Å²) in [5.41, 5.74) is 7.01. The molecule has 0 aromatic heterocycles. The molecule has 2 N–H and O–H groups in total. The van der Waals surface area contributed by atoms with Crippen LogP contribution in [0.5, 0.6) is 0 Å². The lowest BCUT2D eigenvalue weighted by Crippen LogP contribution is -2.28. The normalized spacial score (nSPS) is 12.5. The van der Waals surface area contributed by atoms with Gasteiger partial charge >= 0.3 is 0 Å². The molecule has 3 heteroatoms. The highest BCUT2D eigenvalue weighted by Crippen LogP contribution is 2.21. The summed E-state index contributed by atoms with van der Waals surface area (Å²) < 4.78 is 13.2. The van der Waals surface area contributed by atoms with Gasteiger partial charge in [0.15, 0.2) is 0 Å². The summed E-state index contributed by atoms with van der Waals surface area (Å²) in [6.45, 7) is 8.25. The van der Waals surface area contributed by atoms with Crippen molar-refractivity contribution < 1.29 is 4.39 Å². The summed E-state index contributed by atoms with van der Waals surface area (Å²) >= 11 is 0. The van der Waals surface area contributed by atoms with Crippen LogP contribution in [0.1, 0.15) is 27.2 Å². The van der Waals surface area contributed by atoms with Crippen LogP contribution in [0, 0.1) is 11.7 Å². The third-order valence-corrected chi connectivity index (χ3v) is 2.88. The van der Waals surface area contributed by atoms with Gasteiger partial charge in [-0.1, -0.05) is 20.3 Å². The monoisotopic (exact) mass is 224 g/mol. The quantitative estimate of drug-likeness (QED) is 0.778. The zero-order chi connectivity index (χ0) is 12.1. The number of halogens is 1. The Morgan fingerprint density at radius 1 is 1.31 bits per heavy atom. The van der Waals surface area contributed by atoms with Crippen molar-refractivity contribution in [2.24, 2.45) is 5.92 Å². The van der Waals surface area contributed by atoms with E-state index in [1.807, 2.05) is 6.07 Å². The number of hydrogen-bond donors (Lipinski definition) is 1. The van der Waals surface area contributed by atoms with Gasteiger partial charge in [0.25, 0.3) is 0 Å². The standard InChI is InChI=1S/C13H21FN2/c1-4-10(3)9-16(5-2)13-7-11(14)6-12(15)8-13/h6-8,10H,4-5,9,15H2,1-3H3. The number of nitrogens with two attached hydrogens (primary N) is 1. The molecule has 0 radical (unpaired) electrons. The van der Waals surface area contributed by atoms with Crippen molar-refractivity contribution in [2.45, 2.75) is 27.2 Å². The molecule has 0 aliphatic carbocycles. The highest BCUT2D eigenvalue weighted by atomic mass is 19.1. The Balaban J connectivity index is 2.86. The van der Waals surface area contributed by atoms with Gasteiger partial charge in [0.1, 0.15) is 5.82 Å². The van der Waals surface area contributed by atoms with E-state index in [-0.39, 0.29) is 5.82 Å². The van der Waals surface area contributed by atoms with Crippen LogP contribution in [0.25, 0.3) is 0 Å². The molecule has 1 rings (SSSR count). The molecule has 0 fully saturated rings. The second-order valence-corrected chi connectivity index (χ2v) is 4.29. The first kappa shape index (κ1) is 12.8. The summed E-state index contributed by atoms with van der Waals surface area (Å²) in [5, 5.41) is 0. The molecule has 0 amide bonds. The molecule has 16 heavy (non-hydrogen) atoms. The Bertz CT molecular complexity index is 318. The first-order chi connectivity index (χ1) is 7.56. The van der Waals surface area contributed by atoms with Crippen molar-refractivity contribution in [1.29, 1.82) is 0 Å². The van der Waals surface area contributed by atoms with Gasteiger partial charge in [-0.25, -0.2) is 4.39 Å². The Labute approximate surface area is 97.3 Å². The van der Waals surface area contributed by atoms with E-state index >= 15 is 0 Å². The predicted octanol–water partition coefficient (Wildman–Crippen LogP) is 3.28. The van der Waals surface area contributed by atoms with Crippen LogP contribution in [0.15, 0.2) is 18.2 Å². The number of benzene rings is 1. The molecule has 0 saturated carbocycles. The van der Waals surface area contributed by atoms with Crippen LogP contribution < -0.4 is 10.6 Å². The van der Waals surface area contributed by atoms with Gasteiger partial charge in [-0.05, 0) is 31.0 Å². The molecule has 0 aliphatic rings. The molecule has 2 nitrogen and oxygen atoms in total. The smallest absolute Gasteiger partial charge is 0.127 e. The van der Waals surface area contributed by atoms with Crippen LogP contribution in [0.2, 0.25) is 0 Å². The maximum Gasteiger partial charge on any atom is 0.127 e. The molecule has 1 atom stereocenters. The number of anilines is 2. The molecule has 1 aromatic carbocycles. The van der Waals surface area contributed by atoms with Crippen LogP contribution in [0.4, 0.5) is 15.8 Å². The van der Waals surface area contributed by atoms with E-state index in [1.54, 1.807) is 6.07 Å². The number of nitrogens with zero attached hydrogens (tertiary/aromatic N) is 1. The molecule has 1 unspecified atom stereocenters. The third kappa shape index (κ3) is 3.40. The van der Waals surface area contributed by atoms with Crippen LogP contribution >= 0.6 is 0 Å². The molecule has 90 valence electrons. The summed E-state index contributed by atoms with van der Waals surface area (Å²) in [6, 6.07) is 4.72. The molecule has 0 spiro atoms. The second-order valence-electron chi connectivity index (χ2n) is 4.29. The van der Waals surface area contributed by atoms with Crippen LogP contribution in [-0.2, 0) is 0 Å². The van der Waals surface area contributed by atoms with E-state index in [0.29, 0.717) is 11.6 Å². The molecule has 0 heterocycles. The van der Waals surface area contributed by atoms with E-state index in [9.17, 15) is 4.39 Å². The van der Waals surface area contributed by atoms with Gasteiger partial charge in [0, 0.05) is 24.5 Å². The molecule has 0 bridgehead atoms. The maximum atomic E-state index is 13.2. The molecular weight excluding hydrogens is 203 g/mol. The van der Waals surface area contributed by atoms with E-state index in [4.69, 9.17) is 5.73 Å². The van der Waals surface area contributed by atoms with Crippen molar-refractivity contribution in [3.63, 3.8) is 0 Å². The molecule has 1 aromatic rings. The zero-order valence-electron chi connectivity index (χ0n) is 10.3. The number of rotatable bonds is 5. The van der Waals surface area contributed by atoms with Gasteiger partial charge in [-0.15, -0.1) is 0 Å². The maximum absolute atomic E-state index is 13.2. The predicted molar refractivity (Wildman–Crippen MR) is 68.2 cm³/mol. The van der Waals surface area contributed by atoms with Gasteiger partial charge in [-0.3, -0.25) is 0 Å². The van der Waals surface area contributed by atoms with Crippen LogP contribution in [0.3, 0.4) is 0 Å². The third-order valence-electron chi connectivity index (χ3n) is 2.88. The minimum absolute atomic E-state index is 0.266. The fraction of sp³-hybridized carbons (Fsp3) is 0.538. The Morgan fingerprint density at radius 3 is 2.50 bits per heavy atom. The Kier molecular flexibility index (Phi) is 4.59. The lowest BCUT2D eigenvalue weighted by atomic mass is 10.1. The summed E-state index contributed by atoms with van der Waals surface area (Å²) in [7, 11) is 0. The Morgan fingerprint density at radius 2 is 2.00 bits per heavy atom. The van der Waals surface area contributed by atoms with E-state index < -0.39 is 0 Å². The number of hydrogen-bond acceptors (Lipinski definition) is 2. The first-order valence-corrected chi connectivity index (χ1v) is 5.87. The van der Waals surface area contributed by atoms with Crippen molar-refractivity contribution in [1.82, 2.24) is 0 Å². The molecular formula is C13H21FN2. The first-order valence-electron chi connectivity index (χ1n) is 5.87. The van der Waals surface area contributed by atoms with Gasteiger partial charge in [0.05, 0.1) is 0 Å². The lowest BCUT2D eigenvalue weighted by molar-refractivity contribution is 0.546. The minimum atomic E-state index is -0.266. The van der Waals surface area contributed by atoms with Gasteiger partial charge < -0.3 is 10.6 Å². The van der Waals surface area contributed by atoms with Crippen molar-refractivity contribution in [2.75, 3.05) is 23.7 Å². The average Bonchev–Trinajstić information content (AvgIpc) is 2.24. The highest BCUT2D eigenvalue weighted by molar-refractivity contribution is 5.56. The second kappa shape index (κ2) is 5.73. The van der Waals surface area contributed by atoms with E-state index in [0.717, 1.165) is 25.2 Å². The number of nitrogen functional groups attached to an aromatic ring is 1. The zero-order valence-corrected chi connectivity index (χ0v) is 10.3. The topological polar surface area (TPSA) is 29.3 Å². The summed E-state index contributed by atoms with van der Waals surface area (Å²) in [4.78, 5) is 2.16. The average molecular weight is 224 g/mol. The summed E-state index contributed by atoms with van der Waals surface area (Å²) in [5.74, 6) is 0.335. The summed E-state index contributed by atoms with van der Waals surface area (Å²) in [6.07, 6.45) is 1.13. The van der Waals surface area contributed by atoms with Crippen molar-refractivity contribution in [3.05, 3.63) is 24.0 Å². The fourth-order valence-corrected chi connectivity index (χ4v) is 1.70. The lowest BCUT2D eigenvalue weighted by Gasteiger charge is -2.26. The van der Waals surface area contributed by atoms with Gasteiger partial charge in [0.2, 0.25) is 0 Å². The van der Waals surface area contributed by atoms with Crippen LogP contribution in [-0.4, -0.2) is 13.1 Å². The largest absolute Gasteiger partial charge is 0.399 e. The van der Waals surface area contributed by atoms with Crippen molar-refractivity contribution >= 4 is 11.4 Å². The minimum Gasteiger partial charge on any atom is -0.399 e. The Hall–Kier alpha value is -1.25. The van der Waals surface area contributed by atoms with Crippen molar-refractivity contribution in [3.8, 4) is 0 Å². The van der Waals surface area contributed by atoms with Gasteiger partial charge in [-0.2, -0.15) is 0 Å². The van der Waals surface area contributed by atoms with E-state index in [2.05, 4.69) is 25.7 Å². The highest BCUT2D eigenvalue weighted by Gasteiger charge is 2.09. The fourth-order valence-electron chi connectivity index (χ4n) is 1.70.